The molecule has 24 heavy (non-hydrogen) atoms. The molecular weight excluding hydrogens is 330 g/mol. The van der Waals surface area contributed by atoms with Crippen LogP contribution in [-0.4, -0.2) is 33.0 Å². The average Bonchev–Trinajstić information content (AvgIpc) is 2.58. The zero-order valence-corrected chi connectivity index (χ0v) is 15.0. The lowest BCUT2D eigenvalue weighted by Gasteiger charge is -2.13. The molecule has 0 aliphatic rings. The van der Waals surface area contributed by atoms with Crippen LogP contribution in [0.1, 0.15) is 26.3 Å². The summed E-state index contributed by atoms with van der Waals surface area (Å²) in [6.45, 7) is 13.8. The normalized spacial score (nSPS) is 9.17. The molecule has 0 aliphatic carbocycles. The highest BCUT2D eigenvalue weighted by molar-refractivity contribution is 7.88. The highest BCUT2D eigenvalue weighted by atomic mass is 32.2. The van der Waals surface area contributed by atoms with Gasteiger partial charge in [-0.1, -0.05) is 63.8 Å². The van der Waals surface area contributed by atoms with Crippen LogP contribution in [0.15, 0.2) is 45.9 Å². The van der Waals surface area contributed by atoms with Crippen LogP contribution >= 0.6 is 0 Å². The summed E-state index contributed by atoms with van der Waals surface area (Å²) in [5, 5.41) is 0. The van der Waals surface area contributed by atoms with Gasteiger partial charge in [-0.05, 0) is 36.3 Å². The van der Waals surface area contributed by atoms with E-state index in [9.17, 15) is 8.42 Å². The molecule has 132 valence electrons. The van der Waals surface area contributed by atoms with Crippen LogP contribution in [0.3, 0.4) is 0 Å². The van der Waals surface area contributed by atoms with Gasteiger partial charge in [-0.25, -0.2) is 8.42 Å². The van der Waals surface area contributed by atoms with Crippen molar-refractivity contribution in [1.82, 2.24) is 4.90 Å². The van der Waals surface area contributed by atoms with Crippen molar-refractivity contribution in [2.75, 3.05) is 19.6 Å². The van der Waals surface area contributed by atoms with Gasteiger partial charge in [0.2, 0.25) is 0 Å². The van der Waals surface area contributed by atoms with Crippen LogP contribution in [0.4, 0.5) is 0 Å². The fourth-order valence-corrected chi connectivity index (χ4v) is 1.59. The van der Waals surface area contributed by atoms with Gasteiger partial charge >= 0.3 is 10.2 Å². The maximum absolute atomic E-state index is 9.99. The topological polar surface area (TPSA) is 135 Å². The van der Waals surface area contributed by atoms with Gasteiger partial charge < -0.3 is 4.90 Å². The predicted molar refractivity (Wildman–Crippen MR) is 97.2 cm³/mol. The Labute approximate surface area is 143 Å². The molecule has 0 atom stereocenters. The first-order valence-electron chi connectivity index (χ1n) is 7.18. The van der Waals surface area contributed by atoms with Crippen molar-refractivity contribution < 1.29 is 8.42 Å². The summed E-state index contributed by atoms with van der Waals surface area (Å²) >= 11 is 0. The van der Waals surface area contributed by atoms with Gasteiger partial charge in [0.1, 0.15) is 0 Å². The summed E-state index contributed by atoms with van der Waals surface area (Å²) in [5.41, 5.74) is 16.2. The molecule has 0 fully saturated rings. The Morgan fingerprint density at radius 1 is 1.04 bits per heavy atom. The Kier molecular flexibility index (Phi) is 15.2. The van der Waals surface area contributed by atoms with Crippen LogP contribution in [0.25, 0.3) is 27.0 Å². The molecule has 0 saturated heterocycles. The number of azide groups is 1. The molecule has 0 unspecified atom stereocenters. The molecule has 0 N–H and O–H groups in total. The van der Waals surface area contributed by atoms with Gasteiger partial charge in [0.15, 0.2) is 0 Å². The Morgan fingerprint density at radius 2 is 1.46 bits per heavy atom. The molecule has 0 aliphatic heterocycles. The van der Waals surface area contributed by atoms with E-state index in [0.717, 1.165) is 0 Å². The van der Waals surface area contributed by atoms with Gasteiger partial charge in [0, 0.05) is 18.9 Å². The first kappa shape index (κ1) is 23.8. The summed E-state index contributed by atoms with van der Waals surface area (Å²) in [4.78, 5) is 6.17. The van der Waals surface area contributed by atoms with Gasteiger partial charge in [-0.2, -0.15) is 0 Å². The van der Waals surface area contributed by atoms with E-state index in [1.165, 1.54) is 25.2 Å². The van der Waals surface area contributed by atoms with E-state index in [1.807, 2.05) is 46.2 Å². The molecule has 1 aromatic carbocycles. The lowest BCUT2D eigenvalue weighted by molar-refractivity contribution is 0.321. The minimum atomic E-state index is -4.27. The standard InChI is InChI=1S/C8H8.C6H15N.N6O2S/c1-2-8-6-4-3-5-7-8;1-4-7(5-2)6-3;1-3-5-9(7,8)6-4-2/h2-7H,1H2;4-6H2,1-3H3;. The van der Waals surface area contributed by atoms with Crippen LogP contribution in [-0.2, 0) is 10.2 Å². The van der Waals surface area contributed by atoms with Crippen molar-refractivity contribution >= 4 is 16.3 Å². The smallest absolute Gasteiger partial charge is 0.304 e. The summed E-state index contributed by atoms with van der Waals surface area (Å²) in [6.07, 6.45) is 1.83. The average molecular weight is 353 g/mol. The Bertz CT molecular complexity index is 615. The third kappa shape index (κ3) is 14.4. The van der Waals surface area contributed by atoms with E-state index >= 15 is 0 Å². The Hall–Kier alpha value is -2.51. The van der Waals surface area contributed by atoms with E-state index in [-0.39, 0.29) is 0 Å². The first-order chi connectivity index (χ1) is 11.4. The second-order valence-electron chi connectivity index (χ2n) is 4.02. The summed E-state index contributed by atoms with van der Waals surface area (Å²) in [5.74, 6) is 0. The first-order valence-corrected chi connectivity index (χ1v) is 8.57. The molecule has 0 saturated carbocycles. The summed E-state index contributed by atoms with van der Waals surface area (Å²) in [7, 11) is -4.27. The van der Waals surface area contributed by atoms with Crippen molar-refractivity contribution in [3.8, 4) is 0 Å². The lowest BCUT2D eigenvalue weighted by atomic mass is 10.2. The monoisotopic (exact) mass is 353 g/mol. The molecule has 0 amide bonds. The molecule has 1 aromatic rings. The maximum Gasteiger partial charge on any atom is 0.321 e. The maximum atomic E-state index is 9.99. The highest BCUT2D eigenvalue weighted by Gasteiger charge is 1.99. The van der Waals surface area contributed by atoms with Crippen LogP contribution < -0.4 is 0 Å². The summed E-state index contributed by atoms with van der Waals surface area (Å²) < 4.78 is 24.3. The number of hydrogen-bond donors (Lipinski definition) is 0. The van der Waals surface area contributed by atoms with E-state index in [0.29, 0.717) is 0 Å². The molecule has 9 nitrogen and oxygen atoms in total. The minimum absolute atomic E-state index is 1.17. The van der Waals surface area contributed by atoms with Crippen molar-refractivity contribution in [2.45, 2.75) is 20.8 Å². The minimum Gasteiger partial charge on any atom is -0.304 e. The van der Waals surface area contributed by atoms with Crippen LogP contribution in [0.5, 0.6) is 0 Å². The molecule has 1 rings (SSSR count). The number of benzene rings is 1. The van der Waals surface area contributed by atoms with E-state index < -0.39 is 10.2 Å². The second-order valence-corrected chi connectivity index (χ2v) is 5.25. The quantitative estimate of drug-likeness (QED) is 0.422. The van der Waals surface area contributed by atoms with Gasteiger partial charge in [0.25, 0.3) is 0 Å². The van der Waals surface area contributed by atoms with Crippen molar-refractivity contribution in [3.63, 3.8) is 0 Å². The molecule has 0 aromatic heterocycles. The fourth-order valence-electron chi connectivity index (χ4n) is 1.37. The lowest BCUT2D eigenvalue weighted by Crippen LogP contribution is -2.21. The van der Waals surface area contributed by atoms with E-state index in [4.69, 9.17) is 11.1 Å². The molecule has 10 heteroatoms. The largest absolute Gasteiger partial charge is 0.321 e. The predicted octanol–water partition coefficient (Wildman–Crippen LogP) is 4.53. The number of nitrogens with zero attached hydrogens (tertiary/aromatic N) is 7. The fraction of sp³-hybridized carbons (Fsp3) is 0.429. The van der Waals surface area contributed by atoms with Gasteiger partial charge in [-0.3, -0.25) is 0 Å². The van der Waals surface area contributed by atoms with Crippen LogP contribution in [0, 0.1) is 0 Å². The van der Waals surface area contributed by atoms with Gasteiger partial charge in [-0.15, -0.1) is 0 Å². The highest BCUT2D eigenvalue weighted by Crippen LogP contribution is 1.97. The van der Waals surface area contributed by atoms with E-state index in [1.54, 1.807) is 0 Å². The van der Waals surface area contributed by atoms with Gasteiger partial charge in [0.05, 0.1) is 0 Å². The SMILES string of the molecule is C=Cc1ccccc1.CCN(CC)CC.[N-]=[N+]=NS(=O)(=O)N=[N+]=[N-]. The zero-order chi connectivity index (χ0) is 18.8. The third-order valence-corrected chi connectivity index (χ3v) is 3.22. The zero-order valence-electron chi connectivity index (χ0n) is 14.1. The molecule has 0 radical (unpaired) electrons. The van der Waals surface area contributed by atoms with Crippen molar-refractivity contribution in [1.29, 1.82) is 0 Å². The van der Waals surface area contributed by atoms with Crippen molar-refractivity contribution in [2.24, 2.45) is 9.04 Å². The van der Waals surface area contributed by atoms with Crippen LogP contribution in [0.2, 0.25) is 0 Å². The molecule has 0 spiro atoms. The molecular formula is C14H23N7O2S. The van der Waals surface area contributed by atoms with E-state index in [2.05, 4.69) is 41.3 Å². The Morgan fingerprint density at radius 3 is 1.67 bits per heavy atom. The second kappa shape index (κ2) is 15.4. The third-order valence-electron chi connectivity index (χ3n) is 2.66. The number of hydrogen-bond acceptors (Lipinski definition) is 3. The van der Waals surface area contributed by atoms with Crippen molar-refractivity contribution in [3.05, 3.63) is 63.4 Å². The Balaban J connectivity index is 0. The molecule has 0 heterocycles. The molecule has 0 bridgehead atoms. The number of rotatable bonds is 6. The summed E-state index contributed by atoms with van der Waals surface area (Å²) in [6, 6.07) is 10.0.